The number of nitriles is 2. The van der Waals surface area contributed by atoms with Crippen LogP contribution in [0.25, 0.3) is 6.08 Å². The standard InChI is InChI=1S/C28H24N4O3S/c1-18-6-10-21(11-7-18)31-26(33)17-35-22-12-8-19(9-13-22)14-20(15-29)27(34)32-28-24(16-30)23-4-2-3-5-25(23)36-28/h6-14H,2-5,17H2,1H3,(H,31,33)(H,32,34)/b20-14+. The van der Waals surface area contributed by atoms with Crippen LogP contribution in [0.5, 0.6) is 5.75 Å². The predicted molar refractivity (Wildman–Crippen MR) is 140 cm³/mol. The molecule has 1 heterocycles. The van der Waals surface area contributed by atoms with Gasteiger partial charge in [-0.3, -0.25) is 9.59 Å². The van der Waals surface area contributed by atoms with E-state index in [2.05, 4.69) is 16.7 Å². The molecule has 0 atom stereocenters. The molecule has 8 heteroatoms. The van der Waals surface area contributed by atoms with E-state index in [0.29, 0.717) is 27.6 Å². The van der Waals surface area contributed by atoms with Crippen molar-refractivity contribution in [1.82, 2.24) is 0 Å². The number of benzene rings is 2. The minimum atomic E-state index is -0.555. The average molecular weight is 497 g/mol. The first-order valence-electron chi connectivity index (χ1n) is 11.5. The molecule has 2 amide bonds. The van der Waals surface area contributed by atoms with E-state index < -0.39 is 5.91 Å². The minimum absolute atomic E-state index is 0.0728. The number of hydrogen-bond donors (Lipinski definition) is 2. The van der Waals surface area contributed by atoms with E-state index in [9.17, 15) is 20.1 Å². The number of amides is 2. The number of nitrogens with zero attached hydrogens (tertiary/aromatic N) is 2. The summed E-state index contributed by atoms with van der Waals surface area (Å²) < 4.78 is 5.54. The monoisotopic (exact) mass is 496 g/mol. The average Bonchev–Trinajstić information content (AvgIpc) is 3.24. The molecule has 1 aliphatic carbocycles. The van der Waals surface area contributed by atoms with Crippen LogP contribution in [0.1, 0.15) is 40.0 Å². The van der Waals surface area contributed by atoms with Gasteiger partial charge in [0.1, 0.15) is 28.5 Å². The Labute approximate surface area is 213 Å². The zero-order valence-corrected chi connectivity index (χ0v) is 20.6. The van der Waals surface area contributed by atoms with Crippen molar-refractivity contribution in [2.45, 2.75) is 32.6 Å². The number of rotatable bonds is 7. The molecule has 36 heavy (non-hydrogen) atoms. The number of anilines is 2. The lowest BCUT2D eigenvalue weighted by atomic mass is 9.96. The maximum Gasteiger partial charge on any atom is 0.266 e. The van der Waals surface area contributed by atoms with Gasteiger partial charge in [0.05, 0.1) is 5.56 Å². The summed E-state index contributed by atoms with van der Waals surface area (Å²) in [6.45, 7) is 1.82. The van der Waals surface area contributed by atoms with Crippen LogP contribution in [-0.4, -0.2) is 18.4 Å². The largest absolute Gasteiger partial charge is 0.484 e. The molecule has 0 spiro atoms. The Morgan fingerprint density at radius 2 is 1.75 bits per heavy atom. The van der Waals surface area contributed by atoms with Crippen LogP contribution in [0.3, 0.4) is 0 Å². The van der Waals surface area contributed by atoms with Gasteiger partial charge in [-0.15, -0.1) is 11.3 Å². The van der Waals surface area contributed by atoms with Crippen LogP contribution < -0.4 is 15.4 Å². The highest BCUT2D eigenvalue weighted by Gasteiger charge is 2.22. The Morgan fingerprint density at radius 1 is 1.03 bits per heavy atom. The van der Waals surface area contributed by atoms with Crippen LogP contribution in [-0.2, 0) is 22.4 Å². The summed E-state index contributed by atoms with van der Waals surface area (Å²) in [5, 5.41) is 25.2. The summed E-state index contributed by atoms with van der Waals surface area (Å²) in [6, 6.07) is 18.3. The summed E-state index contributed by atoms with van der Waals surface area (Å²) in [7, 11) is 0. The first kappa shape index (κ1) is 24.7. The zero-order chi connectivity index (χ0) is 25.5. The first-order chi connectivity index (χ1) is 17.5. The summed E-state index contributed by atoms with van der Waals surface area (Å²) >= 11 is 1.42. The molecule has 0 saturated carbocycles. The topological polar surface area (TPSA) is 115 Å². The number of fused-ring (bicyclic) bond motifs is 1. The highest BCUT2D eigenvalue weighted by Crippen LogP contribution is 2.37. The van der Waals surface area contributed by atoms with E-state index in [1.807, 2.05) is 37.3 Å². The quantitative estimate of drug-likeness (QED) is 0.337. The normalized spacial score (nSPS) is 12.6. The Morgan fingerprint density at radius 3 is 2.44 bits per heavy atom. The molecule has 2 N–H and O–H groups in total. The second-order valence-corrected chi connectivity index (χ2v) is 9.53. The Kier molecular flexibility index (Phi) is 7.79. The van der Waals surface area contributed by atoms with Gasteiger partial charge in [0, 0.05) is 10.6 Å². The molecule has 4 rings (SSSR count). The van der Waals surface area contributed by atoms with Crippen molar-refractivity contribution in [2.24, 2.45) is 0 Å². The lowest BCUT2D eigenvalue weighted by molar-refractivity contribution is -0.118. The summed E-state index contributed by atoms with van der Waals surface area (Å²) in [6.07, 6.45) is 5.34. The summed E-state index contributed by atoms with van der Waals surface area (Å²) in [5.74, 6) is -0.351. The molecule has 0 radical (unpaired) electrons. The molecule has 0 aliphatic heterocycles. The molecule has 2 aromatic carbocycles. The number of nitrogens with one attached hydrogen (secondary N) is 2. The van der Waals surface area contributed by atoms with Crippen molar-refractivity contribution >= 4 is 39.9 Å². The molecular weight excluding hydrogens is 472 g/mol. The fourth-order valence-electron chi connectivity index (χ4n) is 3.90. The second kappa shape index (κ2) is 11.4. The van der Waals surface area contributed by atoms with E-state index in [1.54, 1.807) is 24.3 Å². The number of carbonyl (C=O) groups excluding carboxylic acids is 2. The maximum atomic E-state index is 12.8. The summed E-state index contributed by atoms with van der Waals surface area (Å²) in [5.41, 5.74) is 3.89. The third-order valence-corrected chi connectivity index (χ3v) is 6.98. The van der Waals surface area contributed by atoms with E-state index in [4.69, 9.17) is 4.74 Å². The Balaban J connectivity index is 1.37. The van der Waals surface area contributed by atoms with Gasteiger partial charge >= 0.3 is 0 Å². The van der Waals surface area contributed by atoms with Crippen molar-refractivity contribution in [3.63, 3.8) is 0 Å². The van der Waals surface area contributed by atoms with Gasteiger partial charge in [-0.2, -0.15) is 10.5 Å². The third-order valence-electron chi connectivity index (χ3n) is 5.77. The van der Waals surface area contributed by atoms with Gasteiger partial charge < -0.3 is 15.4 Å². The second-order valence-electron chi connectivity index (χ2n) is 8.42. The fraction of sp³-hybridized carbons (Fsp3) is 0.214. The molecule has 1 aromatic heterocycles. The van der Waals surface area contributed by atoms with E-state index in [-0.39, 0.29) is 18.1 Å². The number of ether oxygens (including phenoxy) is 1. The van der Waals surface area contributed by atoms with Crippen molar-refractivity contribution in [3.05, 3.63) is 81.2 Å². The van der Waals surface area contributed by atoms with Crippen molar-refractivity contribution < 1.29 is 14.3 Å². The highest BCUT2D eigenvalue weighted by atomic mass is 32.1. The molecule has 3 aromatic rings. The number of carbonyl (C=O) groups is 2. The Hall–Kier alpha value is -4.40. The molecule has 0 unspecified atom stereocenters. The van der Waals surface area contributed by atoms with Gasteiger partial charge in [-0.25, -0.2) is 0 Å². The fourth-order valence-corrected chi connectivity index (χ4v) is 5.14. The molecule has 180 valence electrons. The Bertz CT molecular complexity index is 1390. The molecule has 7 nitrogen and oxygen atoms in total. The molecule has 0 saturated heterocycles. The molecule has 1 aliphatic rings. The van der Waals surface area contributed by atoms with Crippen LogP contribution in [0.2, 0.25) is 0 Å². The van der Waals surface area contributed by atoms with Gasteiger partial charge in [0.15, 0.2) is 6.61 Å². The van der Waals surface area contributed by atoms with Crippen molar-refractivity contribution in [3.8, 4) is 17.9 Å². The first-order valence-corrected chi connectivity index (χ1v) is 12.4. The zero-order valence-electron chi connectivity index (χ0n) is 19.8. The smallest absolute Gasteiger partial charge is 0.266 e. The minimum Gasteiger partial charge on any atom is -0.484 e. The third kappa shape index (κ3) is 5.99. The van der Waals surface area contributed by atoms with Crippen molar-refractivity contribution in [1.29, 1.82) is 10.5 Å². The van der Waals surface area contributed by atoms with Gasteiger partial charge in [-0.1, -0.05) is 29.8 Å². The predicted octanol–water partition coefficient (Wildman–Crippen LogP) is 5.37. The number of thiophene rings is 1. The van der Waals surface area contributed by atoms with E-state index in [1.165, 1.54) is 17.4 Å². The SMILES string of the molecule is Cc1ccc(NC(=O)COc2ccc(/C=C(\C#N)C(=O)Nc3sc4c(c3C#N)CCCC4)cc2)cc1. The molecule has 0 fully saturated rings. The van der Waals surface area contributed by atoms with Crippen LogP contribution in [0.4, 0.5) is 10.7 Å². The van der Waals surface area contributed by atoms with Gasteiger partial charge in [0.2, 0.25) is 0 Å². The lowest BCUT2D eigenvalue weighted by Gasteiger charge is -2.09. The lowest BCUT2D eigenvalue weighted by Crippen LogP contribution is -2.20. The van der Waals surface area contributed by atoms with Crippen LogP contribution in [0.15, 0.2) is 54.1 Å². The number of hydrogen-bond acceptors (Lipinski definition) is 6. The van der Waals surface area contributed by atoms with E-state index >= 15 is 0 Å². The van der Waals surface area contributed by atoms with Crippen LogP contribution >= 0.6 is 11.3 Å². The summed E-state index contributed by atoms with van der Waals surface area (Å²) in [4.78, 5) is 26.0. The highest BCUT2D eigenvalue weighted by molar-refractivity contribution is 7.16. The van der Waals surface area contributed by atoms with Crippen LogP contribution in [0, 0.1) is 29.6 Å². The maximum absolute atomic E-state index is 12.8. The van der Waals surface area contributed by atoms with Gasteiger partial charge in [-0.05, 0) is 74.1 Å². The van der Waals surface area contributed by atoms with Gasteiger partial charge in [0.25, 0.3) is 11.8 Å². The number of aryl methyl sites for hydroxylation is 2. The molecule has 0 bridgehead atoms. The van der Waals surface area contributed by atoms with Crippen molar-refractivity contribution in [2.75, 3.05) is 17.2 Å². The molecular formula is C28H24N4O3S. The van der Waals surface area contributed by atoms with E-state index in [0.717, 1.165) is 41.7 Å².